The maximum atomic E-state index is 12.0. The fraction of sp³-hybridized carbons (Fsp3) is 0.500. The minimum Gasteiger partial charge on any atom is -0.508 e. The number of carbonyl (C=O) groups excluding carboxylic acids is 1. The summed E-state index contributed by atoms with van der Waals surface area (Å²) < 4.78 is 0. The van der Waals surface area contributed by atoms with Gasteiger partial charge in [0.15, 0.2) is 0 Å². The van der Waals surface area contributed by atoms with Crippen LogP contribution in [0, 0.1) is 12.8 Å². The molecule has 1 amide bonds. The van der Waals surface area contributed by atoms with Gasteiger partial charge >= 0.3 is 0 Å². The summed E-state index contributed by atoms with van der Waals surface area (Å²) in [7, 11) is 0. The molecule has 0 spiro atoms. The van der Waals surface area contributed by atoms with E-state index in [2.05, 4.69) is 35.1 Å². The van der Waals surface area contributed by atoms with E-state index in [1.165, 1.54) is 0 Å². The molecule has 0 radical (unpaired) electrons. The average molecular weight is 314 g/mol. The molecule has 2 N–H and O–H groups in total. The molecule has 1 aromatic carbocycles. The number of phenolic OH excluding ortho intramolecular Hbond substituents is 1. The normalized spacial score (nSPS) is 12.5. The number of hydrogen-bond acceptors (Lipinski definition) is 2. The maximum Gasteiger partial charge on any atom is 0.251 e. The molecule has 1 atom stereocenters. The van der Waals surface area contributed by atoms with Crippen molar-refractivity contribution in [3.8, 4) is 5.75 Å². The quantitative estimate of drug-likeness (QED) is 0.820. The van der Waals surface area contributed by atoms with Gasteiger partial charge in [-0.3, -0.25) is 4.79 Å². The first-order chi connectivity index (χ1) is 8.43. The highest BCUT2D eigenvalue weighted by molar-refractivity contribution is 9.09. The molecular weight excluding hydrogens is 294 g/mol. The molecule has 0 aromatic heterocycles. The lowest BCUT2D eigenvalue weighted by Crippen LogP contribution is -2.37. The zero-order valence-corrected chi connectivity index (χ0v) is 12.6. The van der Waals surface area contributed by atoms with Crippen LogP contribution in [0.25, 0.3) is 0 Å². The summed E-state index contributed by atoms with van der Waals surface area (Å²) in [5.74, 6) is 0.656. The van der Waals surface area contributed by atoms with Gasteiger partial charge in [0.2, 0.25) is 0 Å². The fourth-order valence-corrected chi connectivity index (χ4v) is 2.22. The van der Waals surface area contributed by atoms with Crippen LogP contribution in [0.1, 0.15) is 36.2 Å². The number of aryl methyl sites for hydroxylation is 1. The number of carbonyl (C=O) groups is 1. The highest BCUT2D eigenvalue weighted by atomic mass is 79.9. The SMILES string of the molecule is Cc1cc(C(=O)NC(CBr)CC(C)C)ccc1O. The molecule has 0 aliphatic heterocycles. The summed E-state index contributed by atoms with van der Waals surface area (Å²) in [6, 6.07) is 5.02. The van der Waals surface area contributed by atoms with Crippen LogP contribution in [0.3, 0.4) is 0 Å². The zero-order chi connectivity index (χ0) is 13.7. The Labute approximate surface area is 117 Å². The molecule has 0 aliphatic carbocycles. The predicted octanol–water partition coefficient (Wildman–Crippen LogP) is 3.24. The predicted molar refractivity (Wildman–Crippen MR) is 77.3 cm³/mol. The summed E-state index contributed by atoms with van der Waals surface area (Å²) in [5, 5.41) is 13.2. The molecule has 0 bridgehead atoms. The Morgan fingerprint density at radius 1 is 1.44 bits per heavy atom. The zero-order valence-electron chi connectivity index (χ0n) is 11.0. The van der Waals surface area contributed by atoms with Gasteiger partial charge in [0.25, 0.3) is 5.91 Å². The topological polar surface area (TPSA) is 49.3 Å². The fourth-order valence-electron chi connectivity index (χ4n) is 1.79. The van der Waals surface area contributed by atoms with Crippen LogP contribution in [0.2, 0.25) is 0 Å². The molecule has 3 nitrogen and oxygen atoms in total. The number of rotatable bonds is 5. The van der Waals surface area contributed by atoms with Crippen LogP contribution in [0.4, 0.5) is 0 Å². The minimum absolute atomic E-state index is 0.0943. The van der Waals surface area contributed by atoms with Crippen molar-refractivity contribution in [1.82, 2.24) is 5.32 Å². The van der Waals surface area contributed by atoms with Gasteiger partial charge in [0, 0.05) is 16.9 Å². The Hall–Kier alpha value is -1.03. The number of halogens is 1. The molecule has 1 rings (SSSR count). The smallest absolute Gasteiger partial charge is 0.251 e. The third kappa shape index (κ3) is 4.33. The van der Waals surface area contributed by atoms with Gasteiger partial charge in [-0.1, -0.05) is 29.8 Å². The second kappa shape index (κ2) is 6.78. The van der Waals surface area contributed by atoms with Gasteiger partial charge in [-0.15, -0.1) is 0 Å². The van der Waals surface area contributed by atoms with Crippen LogP contribution < -0.4 is 5.32 Å². The van der Waals surface area contributed by atoms with Crippen molar-refractivity contribution in [2.24, 2.45) is 5.92 Å². The summed E-state index contributed by atoms with van der Waals surface area (Å²) in [5.41, 5.74) is 1.29. The van der Waals surface area contributed by atoms with Gasteiger partial charge in [-0.25, -0.2) is 0 Å². The van der Waals surface area contributed by atoms with Gasteiger partial charge < -0.3 is 10.4 Å². The van der Waals surface area contributed by atoms with E-state index in [0.717, 1.165) is 11.8 Å². The second-order valence-corrected chi connectivity index (χ2v) is 5.60. The van der Waals surface area contributed by atoms with Crippen LogP contribution >= 0.6 is 15.9 Å². The van der Waals surface area contributed by atoms with Gasteiger partial charge in [-0.2, -0.15) is 0 Å². The molecule has 0 fully saturated rings. The Morgan fingerprint density at radius 2 is 2.11 bits per heavy atom. The summed E-state index contributed by atoms with van der Waals surface area (Å²) >= 11 is 3.42. The van der Waals surface area contributed by atoms with E-state index in [-0.39, 0.29) is 17.7 Å². The average Bonchev–Trinajstić information content (AvgIpc) is 2.31. The summed E-state index contributed by atoms with van der Waals surface area (Å²) in [6.07, 6.45) is 0.939. The Balaban J connectivity index is 2.71. The molecule has 1 unspecified atom stereocenters. The minimum atomic E-state index is -0.0943. The number of benzene rings is 1. The van der Waals surface area contributed by atoms with Crippen molar-refractivity contribution >= 4 is 21.8 Å². The lowest BCUT2D eigenvalue weighted by atomic mass is 10.0. The van der Waals surface area contributed by atoms with Crippen LogP contribution in [-0.4, -0.2) is 22.4 Å². The monoisotopic (exact) mass is 313 g/mol. The molecule has 1 aromatic rings. The number of aromatic hydroxyl groups is 1. The van der Waals surface area contributed by atoms with Crippen LogP contribution in [-0.2, 0) is 0 Å². The van der Waals surface area contributed by atoms with Crippen molar-refractivity contribution in [3.63, 3.8) is 0 Å². The molecule has 100 valence electrons. The Kier molecular flexibility index (Phi) is 5.66. The first kappa shape index (κ1) is 15.0. The molecule has 0 aliphatic rings. The Morgan fingerprint density at radius 3 is 2.61 bits per heavy atom. The second-order valence-electron chi connectivity index (χ2n) is 4.96. The van der Waals surface area contributed by atoms with E-state index in [1.807, 2.05) is 0 Å². The molecule has 0 heterocycles. The lowest BCUT2D eigenvalue weighted by molar-refractivity contribution is 0.0937. The third-order valence-electron chi connectivity index (χ3n) is 2.74. The van der Waals surface area contributed by atoms with E-state index in [0.29, 0.717) is 17.0 Å². The highest BCUT2D eigenvalue weighted by Gasteiger charge is 2.14. The number of nitrogens with one attached hydrogen (secondary N) is 1. The molecule has 0 saturated heterocycles. The van der Waals surface area contributed by atoms with Crippen molar-refractivity contribution in [1.29, 1.82) is 0 Å². The largest absolute Gasteiger partial charge is 0.508 e. The van der Waals surface area contributed by atoms with Gasteiger partial charge in [0.05, 0.1) is 0 Å². The number of alkyl halides is 1. The standard InChI is InChI=1S/C14H20BrNO2/c1-9(2)6-12(8-15)16-14(18)11-4-5-13(17)10(3)7-11/h4-5,7,9,12,17H,6,8H2,1-3H3,(H,16,18). The molecule has 4 heteroatoms. The first-order valence-corrected chi connectivity index (χ1v) is 7.22. The Bertz CT molecular complexity index is 418. The number of hydrogen-bond donors (Lipinski definition) is 2. The molecular formula is C14H20BrNO2. The van der Waals surface area contributed by atoms with E-state index in [4.69, 9.17) is 0 Å². The van der Waals surface area contributed by atoms with E-state index in [1.54, 1.807) is 25.1 Å². The molecule has 0 saturated carbocycles. The summed E-state index contributed by atoms with van der Waals surface area (Å²) in [4.78, 5) is 12.0. The van der Waals surface area contributed by atoms with Crippen molar-refractivity contribution in [2.75, 3.05) is 5.33 Å². The van der Waals surface area contributed by atoms with E-state index in [9.17, 15) is 9.90 Å². The van der Waals surface area contributed by atoms with E-state index >= 15 is 0 Å². The van der Waals surface area contributed by atoms with E-state index < -0.39 is 0 Å². The van der Waals surface area contributed by atoms with Crippen molar-refractivity contribution < 1.29 is 9.90 Å². The number of amides is 1. The summed E-state index contributed by atoms with van der Waals surface area (Å²) in [6.45, 7) is 6.04. The van der Waals surface area contributed by atoms with Gasteiger partial charge in [0.1, 0.15) is 5.75 Å². The lowest BCUT2D eigenvalue weighted by Gasteiger charge is -2.18. The first-order valence-electron chi connectivity index (χ1n) is 6.10. The van der Waals surface area contributed by atoms with Crippen molar-refractivity contribution in [2.45, 2.75) is 33.2 Å². The molecule has 18 heavy (non-hydrogen) atoms. The van der Waals surface area contributed by atoms with Gasteiger partial charge in [-0.05, 0) is 43.0 Å². The highest BCUT2D eigenvalue weighted by Crippen LogP contribution is 2.17. The van der Waals surface area contributed by atoms with Crippen LogP contribution in [0.15, 0.2) is 18.2 Å². The number of phenols is 1. The van der Waals surface area contributed by atoms with Crippen LogP contribution in [0.5, 0.6) is 5.75 Å². The van der Waals surface area contributed by atoms with Crippen molar-refractivity contribution in [3.05, 3.63) is 29.3 Å². The third-order valence-corrected chi connectivity index (χ3v) is 3.52. The maximum absolute atomic E-state index is 12.0.